The van der Waals surface area contributed by atoms with Crippen LogP contribution in [0.1, 0.15) is 16.8 Å². The Hall–Kier alpha value is -1.52. The highest BCUT2D eigenvalue weighted by Crippen LogP contribution is 2.53. The number of aromatic amines is 1. The Balaban J connectivity index is 1.86. The van der Waals surface area contributed by atoms with Gasteiger partial charge in [-0.1, -0.05) is 18.2 Å². The molecule has 1 saturated carbocycles. The van der Waals surface area contributed by atoms with Gasteiger partial charge >= 0.3 is 5.97 Å². The molecule has 1 aromatic carbocycles. The number of alkyl halides is 2. The fraction of sp³-hybridized carbons (Fsp3) is 0.286. The van der Waals surface area contributed by atoms with E-state index in [0.29, 0.717) is 17.3 Å². The Morgan fingerprint density at radius 2 is 2.10 bits per heavy atom. The lowest BCUT2D eigenvalue weighted by molar-refractivity contribution is 0.0487. The molecule has 4 nitrogen and oxygen atoms in total. The molecule has 20 heavy (non-hydrogen) atoms. The molecule has 1 aliphatic carbocycles. The first-order valence-corrected chi connectivity index (χ1v) is 6.90. The molecule has 6 heteroatoms. The summed E-state index contributed by atoms with van der Waals surface area (Å²) in [5.41, 5.74) is 0.508. The number of pyridine rings is 1. The maximum atomic E-state index is 12.1. The summed E-state index contributed by atoms with van der Waals surface area (Å²) in [6.07, 6.45) is 0.611. The van der Waals surface area contributed by atoms with E-state index in [1.807, 2.05) is 0 Å². The number of carbonyl (C=O) groups is 1. The third kappa shape index (κ3) is 2.53. The lowest BCUT2D eigenvalue weighted by Gasteiger charge is -2.07. The lowest BCUT2D eigenvalue weighted by Crippen LogP contribution is -2.14. The van der Waals surface area contributed by atoms with Gasteiger partial charge in [-0.25, -0.2) is 4.79 Å². The summed E-state index contributed by atoms with van der Waals surface area (Å²) in [7, 11) is 0. The Morgan fingerprint density at radius 1 is 1.40 bits per heavy atom. The minimum atomic E-state index is -0.781. The first-order valence-electron chi connectivity index (χ1n) is 6.14. The molecule has 1 fully saturated rings. The minimum absolute atomic E-state index is 0.0388. The summed E-state index contributed by atoms with van der Waals surface area (Å²) in [5, 5.41) is 0.649. The standard InChI is InChI=1S/C14H11Cl2NO3/c15-14(16)6-8(14)7-20-13(19)10-5-12(18)17-11-4-2-1-3-9(10)11/h1-5,8H,6-7H2,(H,17,18)/t8-/m0/s1. The van der Waals surface area contributed by atoms with Crippen molar-refractivity contribution in [3.63, 3.8) is 0 Å². The van der Waals surface area contributed by atoms with Crippen molar-refractivity contribution in [2.45, 2.75) is 10.8 Å². The Bertz CT molecular complexity index is 739. The van der Waals surface area contributed by atoms with E-state index in [0.717, 1.165) is 0 Å². The number of hydrogen-bond acceptors (Lipinski definition) is 3. The number of aromatic nitrogens is 1. The van der Waals surface area contributed by atoms with Gasteiger partial charge in [-0.2, -0.15) is 0 Å². The first-order chi connectivity index (χ1) is 9.47. The number of rotatable bonds is 3. The third-order valence-corrected chi connectivity index (χ3v) is 4.27. The zero-order valence-electron chi connectivity index (χ0n) is 10.4. The molecule has 1 heterocycles. The van der Waals surface area contributed by atoms with Crippen LogP contribution in [0.4, 0.5) is 0 Å². The van der Waals surface area contributed by atoms with Crippen molar-refractivity contribution in [2.24, 2.45) is 5.92 Å². The molecule has 1 aromatic heterocycles. The van der Waals surface area contributed by atoms with E-state index in [-0.39, 0.29) is 23.6 Å². The largest absolute Gasteiger partial charge is 0.462 e. The van der Waals surface area contributed by atoms with E-state index in [1.54, 1.807) is 24.3 Å². The predicted molar refractivity (Wildman–Crippen MR) is 77.4 cm³/mol. The molecule has 0 radical (unpaired) electrons. The second-order valence-electron chi connectivity index (χ2n) is 4.85. The number of carbonyl (C=O) groups excluding carboxylic acids is 1. The summed E-state index contributed by atoms with van der Waals surface area (Å²) in [6.45, 7) is 0.160. The van der Waals surface area contributed by atoms with Crippen LogP contribution in [0.5, 0.6) is 0 Å². The van der Waals surface area contributed by atoms with Gasteiger partial charge in [0.25, 0.3) is 0 Å². The lowest BCUT2D eigenvalue weighted by atomic mass is 10.1. The molecule has 0 bridgehead atoms. The van der Waals surface area contributed by atoms with E-state index in [9.17, 15) is 9.59 Å². The van der Waals surface area contributed by atoms with Gasteiger partial charge in [-0.05, 0) is 12.5 Å². The van der Waals surface area contributed by atoms with Gasteiger partial charge in [0, 0.05) is 22.9 Å². The van der Waals surface area contributed by atoms with Crippen molar-refractivity contribution >= 4 is 40.1 Å². The van der Waals surface area contributed by atoms with Gasteiger partial charge in [-0.3, -0.25) is 4.79 Å². The highest BCUT2D eigenvalue weighted by atomic mass is 35.5. The van der Waals surface area contributed by atoms with Crippen LogP contribution >= 0.6 is 23.2 Å². The van der Waals surface area contributed by atoms with Crippen molar-refractivity contribution in [1.82, 2.24) is 4.98 Å². The second-order valence-corrected chi connectivity index (χ2v) is 6.40. The van der Waals surface area contributed by atoms with Crippen LogP contribution in [0, 0.1) is 5.92 Å². The zero-order valence-corrected chi connectivity index (χ0v) is 11.9. The topological polar surface area (TPSA) is 59.2 Å². The molecule has 104 valence electrons. The van der Waals surface area contributed by atoms with Crippen LogP contribution in [0.25, 0.3) is 10.9 Å². The van der Waals surface area contributed by atoms with Crippen LogP contribution in [-0.2, 0) is 4.74 Å². The maximum Gasteiger partial charge on any atom is 0.339 e. The molecular weight excluding hydrogens is 301 g/mol. The monoisotopic (exact) mass is 311 g/mol. The number of ether oxygens (including phenoxy) is 1. The highest BCUT2D eigenvalue weighted by Gasteiger charge is 2.52. The van der Waals surface area contributed by atoms with Crippen LogP contribution in [-0.4, -0.2) is 21.9 Å². The van der Waals surface area contributed by atoms with Crippen molar-refractivity contribution in [2.75, 3.05) is 6.61 Å². The summed E-state index contributed by atoms with van der Waals surface area (Å²) >= 11 is 11.8. The molecule has 1 N–H and O–H groups in total. The number of H-pyrrole nitrogens is 1. The van der Waals surface area contributed by atoms with Crippen LogP contribution in [0.3, 0.4) is 0 Å². The molecule has 0 saturated heterocycles. The van der Waals surface area contributed by atoms with E-state index < -0.39 is 10.3 Å². The third-order valence-electron chi connectivity index (χ3n) is 3.34. The maximum absolute atomic E-state index is 12.1. The van der Waals surface area contributed by atoms with E-state index in [1.165, 1.54) is 6.07 Å². The molecule has 0 spiro atoms. The minimum Gasteiger partial charge on any atom is -0.462 e. The van der Waals surface area contributed by atoms with Crippen molar-refractivity contribution in [3.8, 4) is 0 Å². The summed E-state index contributed by atoms with van der Waals surface area (Å²) in [4.78, 5) is 26.3. The Kier molecular flexibility index (Phi) is 3.22. The molecular formula is C14H11Cl2NO3. The van der Waals surface area contributed by atoms with Gasteiger partial charge in [0.1, 0.15) is 4.33 Å². The highest BCUT2D eigenvalue weighted by molar-refractivity contribution is 6.50. The summed E-state index contributed by atoms with van der Waals surface area (Å²) in [6, 6.07) is 8.31. The van der Waals surface area contributed by atoms with Gasteiger partial charge < -0.3 is 9.72 Å². The van der Waals surface area contributed by atoms with E-state index in [2.05, 4.69) is 4.98 Å². The summed E-state index contributed by atoms with van der Waals surface area (Å²) < 4.78 is 4.41. The smallest absolute Gasteiger partial charge is 0.339 e. The molecule has 1 atom stereocenters. The molecule has 0 unspecified atom stereocenters. The fourth-order valence-corrected chi connectivity index (χ4v) is 2.58. The molecule has 3 rings (SSSR count). The number of benzene rings is 1. The average Bonchev–Trinajstić information content (AvgIpc) is 3.02. The SMILES string of the molecule is O=C(OC[C@@H]1CC1(Cl)Cl)c1cc(=O)[nH]c2ccccc12. The van der Waals surface area contributed by atoms with Gasteiger partial charge in [0.15, 0.2) is 0 Å². The average molecular weight is 312 g/mol. The molecule has 2 aromatic rings. The van der Waals surface area contributed by atoms with Crippen molar-refractivity contribution in [3.05, 3.63) is 46.2 Å². The fourth-order valence-electron chi connectivity index (χ4n) is 2.08. The normalized spacial score (nSPS) is 19.8. The zero-order chi connectivity index (χ0) is 14.3. The molecule has 1 aliphatic rings. The van der Waals surface area contributed by atoms with Gasteiger partial charge in [-0.15, -0.1) is 23.2 Å². The van der Waals surface area contributed by atoms with Crippen molar-refractivity contribution < 1.29 is 9.53 Å². The predicted octanol–water partition coefficient (Wildman–Crippen LogP) is 2.88. The Labute approximate surface area is 124 Å². The number of fused-ring (bicyclic) bond motifs is 1. The quantitative estimate of drug-likeness (QED) is 0.700. The number of nitrogens with one attached hydrogen (secondary N) is 1. The number of para-hydroxylation sites is 1. The Morgan fingerprint density at radius 3 is 2.80 bits per heavy atom. The van der Waals surface area contributed by atoms with E-state index in [4.69, 9.17) is 27.9 Å². The second kappa shape index (κ2) is 4.79. The number of halogens is 2. The van der Waals surface area contributed by atoms with Gasteiger partial charge in [0.2, 0.25) is 5.56 Å². The molecule has 0 amide bonds. The molecule has 0 aliphatic heterocycles. The van der Waals surface area contributed by atoms with Gasteiger partial charge in [0.05, 0.1) is 12.2 Å². The van der Waals surface area contributed by atoms with E-state index >= 15 is 0 Å². The van der Waals surface area contributed by atoms with Crippen LogP contribution in [0.15, 0.2) is 35.1 Å². The summed E-state index contributed by atoms with van der Waals surface area (Å²) in [5.74, 6) is -0.577. The van der Waals surface area contributed by atoms with Crippen LogP contribution in [0.2, 0.25) is 0 Å². The first kappa shape index (κ1) is 13.5. The van der Waals surface area contributed by atoms with Crippen molar-refractivity contribution in [1.29, 1.82) is 0 Å². The van der Waals surface area contributed by atoms with Crippen LogP contribution < -0.4 is 5.56 Å². The number of hydrogen-bond donors (Lipinski definition) is 1. The number of esters is 1.